The van der Waals surface area contributed by atoms with Gasteiger partial charge in [-0.1, -0.05) is 227 Å². The van der Waals surface area contributed by atoms with Gasteiger partial charge in [-0.25, -0.2) is 0 Å². The van der Waals surface area contributed by atoms with Crippen LogP contribution in [0.15, 0.2) is 218 Å². The van der Waals surface area contributed by atoms with Crippen LogP contribution in [0.2, 0.25) is 0 Å². The van der Waals surface area contributed by atoms with E-state index in [0.717, 1.165) is 0 Å². The van der Waals surface area contributed by atoms with E-state index in [1.54, 1.807) is 0 Å². The fourth-order valence-corrected chi connectivity index (χ4v) is 13.5. The van der Waals surface area contributed by atoms with E-state index in [0.29, 0.717) is 0 Å². The summed E-state index contributed by atoms with van der Waals surface area (Å²) >= 11 is 0. The zero-order valence-corrected chi connectivity index (χ0v) is 39.8. The fourth-order valence-electron chi connectivity index (χ4n) is 13.5. The molecule has 0 saturated carbocycles. The molecule has 0 fully saturated rings. The van der Waals surface area contributed by atoms with Crippen molar-refractivity contribution in [1.29, 1.82) is 0 Å². The number of aryl methyl sites for hydroxylation is 1. The summed E-state index contributed by atoms with van der Waals surface area (Å²) in [6.07, 6.45) is 0. The topological polar surface area (TPSA) is 0 Å². The van der Waals surface area contributed by atoms with Gasteiger partial charge >= 0.3 is 0 Å². The van der Waals surface area contributed by atoms with E-state index in [9.17, 15) is 0 Å². The lowest BCUT2D eigenvalue weighted by Gasteiger charge is -2.34. The molecule has 0 amide bonds. The number of fused-ring (bicyclic) bond motifs is 7. The van der Waals surface area contributed by atoms with Gasteiger partial charge in [-0.2, -0.15) is 0 Å². The normalized spacial score (nSPS) is 13.5. The third kappa shape index (κ3) is 5.15. The molecule has 70 heavy (non-hydrogen) atoms. The second-order valence-electron chi connectivity index (χ2n) is 21.1. The summed E-state index contributed by atoms with van der Waals surface area (Å²) in [6, 6.07) is 83.8. The molecule has 0 heteroatoms. The zero-order valence-electron chi connectivity index (χ0n) is 39.8. The molecular formula is C70H48. The van der Waals surface area contributed by atoms with E-state index >= 15 is 0 Å². The van der Waals surface area contributed by atoms with Gasteiger partial charge in [0, 0.05) is 0 Å². The lowest BCUT2D eigenvalue weighted by molar-refractivity contribution is 0.596. The Morgan fingerprint density at radius 1 is 0.286 bits per heavy atom. The Balaban J connectivity index is 0.974. The maximum absolute atomic E-state index is 2.54. The smallest absolute Gasteiger partial charge is 0.0622 e. The second kappa shape index (κ2) is 14.1. The first-order valence-corrected chi connectivity index (χ1v) is 24.9. The van der Waals surface area contributed by atoms with Crippen LogP contribution in [0, 0.1) is 6.92 Å². The molecule has 0 atom stereocenters. The molecule has 1 aliphatic carbocycles. The predicted octanol–water partition coefficient (Wildman–Crippen LogP) is 19.1. The van der Waals surface area contributed by atoms with Crippen LogP contribution in [0.5, 0.6) is 0 Å². The molecule has 0 nitrogen and oxygen atoms in total. The van der Waals surface area contributed by atoms with Crippen LogP contribution in [0.25, 0.3) is 120 Å². The molecule has 0 aliphatic heterocycles. The maximum Gasteiger partial charge on any atom is 0.0713 e. The molecule has 328 valence electrons. The van der Waals surface area contributed by atoms with E-state index in [4.69, 9.17) is 0 Å². The summed E-state index contributed by atoms with van der Waals surface area (Å²) in [7, 11) is 0. The fraction of sp³-hybridized carbons (Fsp3) is 0.0857. The first-order valence-electron chi connectivity index (χ1n) is 24.9. The van der Waals surface area contributed by atoms with Crippen LogP contribution < -0.4 is 0 Å². The van der Waals surface area contributed by atoms with Crippen LogP contribution in [0.4, 0.5) is 0 Å². The van der Waals surface area contributed by atoms with Crippen molar-refractivity contribution in [2.24, 2.45) is 0 Å². The van der Waals surface area contributed by atoms with Crippen LogP contribution in [-0.2, 0) is 10.8 Å². The Bertz CT molecular complexity index is 4410. The Morgan fingerprint density at radius 2 is 0.643 bits per heavy atom. The highest BCUT2D eigenvalue weighted by atomic mass is 14.5. The third-order valence-corrected chi connectivity index (χ3v) is 16.5. The summed E-state index contributed by atoms with van der Waals surface area (Å²) in [5.41, 5.74) is 14.9. The molecule has 0 bridgehead atoms. The molecule has 14 aromatic carbocycles. The van der Waals surface area contributed by atoms with E-state index in [1.807, 2.05) is 0 Å². The molecule has 0 unspecified atom stereocenters. The van der Waals surface area contributed by atoms with Gasteiger partial charge in [0.1, 0.15) is 0 Å². The average molecular weight is 889 g/mol. The minimum atomic E-state index is -0.580. The SMILES string of the molecule is Cc1ccc2c3cccc4c(-c5ccc6c(c5)C(c5ccccc5)(c5ccccc5)c5cc(-c7ccc8c9cccc%10c(C(C)(C)C)ccc(c%11cccc7c8%11)c%109)ccc5-6)ccc(c5cccc1c25)c43. The summed E-state index contributed by atoms with van der Waals surface area (Å²) in [5.74, 6) is 0. The Morgan fingerprint density at radius 3 is 1.11 bits per heavy atom. The maximum atomic E-state index is 2.54. The zero-order chi connectivity index (χ0) is 46.6. The van der Waals surface area contributed by atoms with Crippen LogP contribution in [0.3, 0.4) is 0 Å². The molecule has 0 heterocycles. The van der Waals surface area contributed by atoms with Gasteiger partial charge in [-0.05, 0) is 177 Å². The molecular weight excluding hydrogens is 841 g/mol. The van der Waals surface area contributed by atoms with E-state index in [1.165, 1.54) is 153 Å². The van der Waals surface area contributed by atoms with Crippen molar-refractivity contribution in [1.82, 2.24) is 0 Å². The van der Waals surface area contributed by atoms with Crippen LogP contribution in [-0.4, -0.2) is 0 Å². The standard InChI is InChI=1S/C70H48/c1-41-27-30-57-54-23-12-20-51-47(33-35-58(66(51)54)53-22-11-19-46(41)65(53)57)42-28-31-49-50-32-29-43(40-64(50)70(63(49)39-42,44-15-7-5-8-16-44)45-17-9-6-10-18-45)48-34-36-59-56-25-14-26-61-62(69(2,3)4)38-37-60(68(56)61)55-24-13-21-52(48)67(55)59/h5-40H,1-4H3. The molecule has 1 aliphatic rings. The van der Waals surface area contributed by atoms with E-state index < -0.39 is 5.41 Å². The minimum Gasteiger partial charge on any atom is -0.0622 e. The lowest BCUT2D eigenvalue weighted by Crippen LogP contribution is -2.28. The highest BCUT2D eigenvalue weighted by molar-refractivity contribution is 6.36. The number of hydrogen-bond donors (Lipinski definition) is 0. The summed E-state index contributed by atoms with van der Waals surface area (Å²) in [6.45, 7) is 9.22. The molecule has 0 N–H and O–H groups in total. The van der Waals surface area contributed by atoms with E-state index in [-0.39, 0.29) is 5.41 Å². The lowest BCUT2D eigenvalue weighted by atomic mass is 9.67. The van der Waals surface area contributed by atoms with Crippen molar-refractivity contribution in [3.63, 3.8) is 0 Å². The molecule has 0 aromatic heterocycles. The van der Waals surface area contributed by atoms with Crippen LogP contribution in [0.1, 0.15) is 54.2 Å². The highest BCUT2D eigenvalue weighted by Crippen LogP contribution is 2.58. The summed E-state index contributed by atoms with van der Waals surface area (Å²) in [5, 5.41) is 21.3. The second-order valence-corrected chi connectivity index (χ2v) is 21.1. The van der Waals surface area contributed by atoms with Crippen molar-refractivity contribution in [2.45, 2.75) is 38.5 Å². The van der Waals surface area contributed by atoms with E-state index in [2.05, 4.69) is 246 Å². The first-order chi connectivity index (χ1) is 34.3. The van der Waals surface area contributed by atoms with Crippen molar-refractivity contribution in [3.8, 4) is 33.4 Å². The first kappa shape index (κ1) is 39.7. The number of hydrogen-bond acceptors (Lipinski definition) is 0. The Hall–Kier alpha value is -8.32. The van der Waals surface area contributed by atoms with Crippen molar-refractivity contribution in [3.05, 3.63) is 252 Å². The summed E-state index contributed by atoms with van der Waals surface area (Å²) < 4.78 is 0. The van der Waals surface area contributed by atoms with Gasteiger partial charge in [0.15, 0.2) is 0 Å². The number of rotatable bonds is 4. The van der Waals surface area contributed by atoms with Gasteiger partial charge in [-0.3, -0.25) is 0 Å². The predicted molar refractivity (Wildman–Crippen MR) is 300 cm³/mol. The van der Waals surface area contributed by atoms with Gasteiger partial charge in [-0.15, -0.1) is 0 Å². The Labute approximate surface area is 407 Å². The van der Waals surface area contributed by atoms with Gasteiger partial charge in [0.25, 0.3) is 0 Å². The van der Waals surface area contributed by atoms with Crippen molar-refractivity contribution in [2.75, 3.05) is 0 Å². The van der Waals surface area contributed by atoms with Gasteiger partial charge in [0.05, 0.1) is 5.41 Å². The average Bonchev–Trinajstić information content (AvgIpc) is 3.69. The molecule has 0 spiro atoms. The highest BCUT2D eigenvalue weighted by Gasteiger charge is 2.46. The van der Waals surface area contributed by atoms with Gasteiger partial charge in [0.2, 0.25) is 0 Å². The van der Waals surface area contributed by atoms with Gasteiger partial charge < -0.3 is 0 Å². The van der Waals surface area contributed by atoms with Crippen molar-refractivity contribution >= 4 is 86.2 Å². The molecule has 15 rings (SSSR count). The van der Waals surface area contributed by atoms with Crippen LogP contribution >= 0.6 is 0 Å². The third-order valence-electron chi connectivity index (χ3n) is 16.5. The molecule has 14 aromatic rings. The minimum absolute atomic E-state index is 0.0373. The number of benzene rings is 14. The molecule has 0 saturated heterocycles. The van der Waals surface area contributed by atoms with Crippen molar-refractivity contribution < 1.29 is 0 Å². The quantitative estimate of drug-likeness (QED) is 0.122. The summed E-state index contributed by atoms with van der Waals surface area (Å²) in [4.78, 5) is 0. The monoisotopic (exact) mass is 888 g/mol. The Kier molecular flexibility index (Phi) is 8.00. The largest absolute Gasteiger partial charge is 0.0713 e. The molecule has 0 radical (unpaired) electrons.